The van der Waals surface area contributed by atoms with Crippen LogP contribution in [0.4, 0.5) is 4.39 Å². The fourth-order valence-electron chi connectivity index (χ4n) is 6.24. The molecule has 2 aromatic rings. The van der Waals surface area contributed by atoms with Crippen LogP contribution >= 0.6 is 0 Å². The van der Waals surface area contributed by atoms with Crippen LogP contribution in [0, 0.1) is 11.3 Å². The SMILES string of the molecule is O=C(NC1CC2(C1)CC(C(=O)O)C2)C1=C2C(=CCN2Cc2ccc3ccccc3c2)C(F)C=C1. The Kier molecular flexibility index (Phi) is 4.87. The summed E-state index contributed by atoms with van der Waals surface area (Å²) in [7, 11) is 0. The molecule has 4 aliphatic rings. The molecule has 0 aromatic heterocycles. The van der Waals surface area contributed by atoms with E-state index in [1.807, 2.05) is 18.2 Å². The monoisotopic (exact) mass is 458 g/mol. The summed E-state index contributed by atoms with van der Waals surface area (Å²) < 4.78 is 14.7. The van der Waals surface area contributed by atoms with Crippen molar-refractivity contribution in [3.63, 3.8) is 0 Å². The molecular formula is C28H27FN2O3. The molecule has 34 heavy (non-hydrogen) atoms. The molecule has 5 nitrogen and oxygen atoms in total. The number of hydrogen-bond donors (Lipinski definition) is 2. The number of aliphatic carboxylic acids is 1. The first-order chi connectivity index (χ1) is 16.4. The molecule has 6 rings (SSSR count). The van der Waals surface area contributed by atoms with Gasteiger partial charge in [0.2, 0.25) is 0 Å². The van der Waals surface area contributed by atoms with Crippen molar-refractivity contribution in [3.8, 4) is 0 Å². The highest BCUT2D eigenvalue weighted by molar-refractivity contribution is 5.98. The number of carboxylic acid groups (broad SMARTS) is 1. The van der Waals surface area contributed by atoms with E-state index in [0.29, 0.717) is 42.8 Å². The molecule has 0 saturated heterocycles. The lowest BCUT2D eigenvalue weighted by Gasteiger charge is -2.56. The van der Waals surface area contributed by atoms with Crippen molar-refractivity contribution in [1.29, 1.82) is 0 Å². The number of fused-ring (bicyclic) bond motifs is 2. The molecule has 0 radical (unpaired) electrons. The van der Waals surface area contributed by atoms with Crippen molar-refractivity contribution in [2.45, 2.75) is 44.4 Å². The van der Waals surface area contributed by atoms with E-state index in [0.717, 1.165) is 23.8 Å². The topological polar surface area (TPSA) is 69.6 Å². The predicted molar refractivity (Wildman–Crippen MR) is 127 cm³/mol. The molecule has 1 amide bonds. The van der Waals surface area contributed by atoms with Crippen LogP contribution in [0.15, 0.2) is 77.5 Å². The van der Waals surface area contributed by atoms with Crippen LogP contribution in [0.2, 0.25) is 0 Å². The average molecular weight is 459 g/mol. The van der Waals surface area contributed by atoms with Crippen molar-refractivity contribution >= 4 is 22.6 Å². The molecule has 2 saturated carbocycles. The lowest BCUT2D eigenvalue weighted by atomic mass is 9.50. The summed E-state index contributed by atoms with van der Waals surface area (Å²) in [6, 6.07) is 14.6. The smallest absolute Gasteiger partial charge is 0.306 e. The van der Waals surface area contributed by atoms with E-state index < -0.39 is 12.1 Å². The third kappa shape index (κ3) is 3.52. The normalized spacial score (nSPS) is 29.5. The number of alkyl halides is 1. The van der Waals surface area contributed by atoms with Gasteiger partial charge in [-0.05, 0) is 65.7 Å². The first-order valence-corrected chi connectivity index (χ1v) is 11.9. The number of amides is 1. The minimum atomic E-state index is -1.21. The third-order valence-corrected chi connectivity index (χ3v) is 7.94. The second-order valence-electron chi connectivity index (χ2n) is 10.3. The Morgan fingerprint density at radius 1 is 1.09 bits per heavy atom. The van der Waals surface area contributed by atoms with Gasteiger partial charge in [0.05, 0.1) is 17.2 Å². The Balaban J connectivity index is 1.18. The third-order valence-electron chi connectivity index (χ3n) is 7.94. The maximum Gasteiger partial charge on any atom is 0.306 e. The quantitative estimate of drug-likeness (QED) is 0.692. The Morgan fingerprint density at radius 2 is 1.85 bits per heavy atom. The van der Waals surface area contributed by atoms with E-state index in [9.17, 15) is 14.0 Å². The molecule has 2 fully saturated rings. The van der Waals surface area contributed by atoms with Gasteiger partial charge in [0, 0.05) is 24.7 Å². The van der Waals surface area contributed by atoms with Crippen LogP contribution in [-0.4, -0.2) is 40.6 Å². The Labute approximate surface area is 197 Å². The van der Waals surface area contributed by atoms with Crippen molar-refractivity contribution in [1.82, 2.24) is 10.2 Å². The minimum Gasteiger partial charge on any atom is -0.481 e. The van der Waals surface area contributed by atoms with E-state index in [4.69, 9.17) is 5.11 Å². The van der Waals surface area contributed by atoms with Crippen LogP contribution in [0.5, 0.6) is 0 Å². The number of carbonyl (C=O) groups excluding carboxylic acids is 1. The lowest BCUT2D eigenvalue weighted by molar-refractivity contribution is -0.156. The highest BCUT2D eigenvalue weighted by Gasteiger charge is 2.55. The van der Waals surface area contributed by atoms with Crippen LogP contribution in [0.1, 0.15) is 31.2 Å². The van der Waals surface area contributed by atoms with Gasteiger partial charge in [-0.2, -0.15) is 0 Å². The second-order valence-corrected chi connectivity index (χ2v) is 10.3. The van der Waals surface area contributed by atoms with Gasteiger partial charge < -0.3 is 15.3 Å². The van der Waals surface area contributed by atoms with Gasteiger partial charge in [-0.15, -0.1) is 0 Å². The number of nitrogens with one attached hydrogen (secondary N) is 1. The summed E-state index contributed by atoms with van der Waals surface area (Å²) in [5, 5.41) is 14.6. The number of hydrogen-bond acceptors (Lipinski definition) is 3. The molecule has 1 aliphatic heterocycles. The van der Waals surface area contributed by atoms with Gasteiger partial charge in [-0.1, -0.05) is 42.5 Å². The summed E-state index contributed by atoms with van der Waals surface area (Å²) in [6.45, 7) is 1.17. The van der Waals surface area contributed by atoms with E-state index in [2.05, 4.69) is 40.5 Å². The standard InChI is InChI=1S/C28H27FN2O3/c29-24-8-7-23(26(32)30-21-14-28(15-21)12-20(13-28)27(33)34)25-22(24)9-10-31(25)16-17-5-6-18-3-1-2-4-19(18)11-17/h1-9,11,20-21,24H,10,12-16H2,(H,30,32)(H,33,34). The fraction of sp³-hybridized carbons (Fsp3) is 0.357. The molecule has 3 aliphatic carbocycles. The Bertz CT molecular complexity index is 1280. The van der Waals surface area contributed by atoms with Gasteiger partial charge in [0.1, 0.15) is 6.17 Å². The van der Waals surface area contributed by atoms with Gasteiger partial charge in [0.25, 0.3) is 5.91 Å². The molecule has 1 atom stereocenters. The fourth-order valence-corrected chi connectivity index (χ4v) is 6.24. The largest absolute Gasteiger partial charge is 0.481 e. The van der Waals surface area contributed by atoms with Crippen LogP contribution in [-0.2, 0) is 16.1 Å². The summed E-state index contributed by atoms with van der Waals surface area (Å²) in [5.41, 5.74) is 2.97. The van der Waals surface area contributed by atoms with E-state index in [1.54, 1.807) is 6.08 Å². The lowest BCUT2D eigenvalue weighted by Crippen LogP contribution is -2.57. The summed E-state index contributed by atoms with van der Waals surface area (Å²) in [6.07, 6.45) is 6.81. The molecular weight excluding hydrogens is 431 g/mol. The highest BCUT2D eigenvalue weighted by Crippen LogP contribution is 2.58. The molecule has 1 heterocycles. The number of carboxylic acids is 1. The zero-order chi connectivity index (χ0) is 23.4. The molecule has 1 spiro atoms. The maximum absolute atomic E-state index is 14.7. The number of allylic oxidation sites excluding steroid dienone is 2. The van der Waals surface area contributed by atoms with Gasteiger partial charge in [0.15, 0.2) is 0 Å². The van der Waals surface area contributed by atoms with E-state index in [1.165, 1.54) is 11.5 Å². The first kappa shape index (κ1) is 21.1. The van der Waals surface area contributed by atoms with Gasteiger partial charge >= 0.3 is 5.97 Å². The molecule has 6 heteroatoms. The predicted octanol–water partition coefficient (Wildman–Crippen LogP) is 4.50. The van der Waals surface area contributed by atoms with Gasteiger partial charge in [-0.3, -0.25) is 9.59 Å². The summed E-state index contributed by atoms with van der Waals surface area (Å²) >= 11 is 0. The molecule has 0 bridgehead atoms. The van der Waals surface area contributed by atoms with Crippen LogP contribution < -0.4 is 5.32 Å². The average Bonchev–Trinajstić information content (AvgIpc) is 3.18. The van der Waals surface area contributed by atoms with E-state index in [-0.39, 0.29) is 23.3 Å². The Morgan fingerprint density at radius 3 is 2.62 bits per heavy atom. The van der Waals surface area contributed by atoms with Crippen LogP contribution in [0.3, 0.4) is 0 Å². The number of rotatable bonds is 5. The molecule has 2 N–H and O–H groups in total. The summed E-state index contributed by atoms with van der Waals surface area (Å²) in [5.74, 6) is -1.13. The highest BCUT2D eigenvalue weighted by atomic mass is 19.1. The molecule has 2 aromatic carbocycles. The van der Waals surface area contributed by atoms with Crippen molar-refractivity contribution in [2.24, 2.45) is 11.3 Å². The van der Waals surface area contributed by atoms with Crippen LogP contribution in [0.25, 0.3) is 10.8 Å². The first-order valence-electron chi connectivity index (χ1n) is 11.9. The number of benzene rings is 2. The zero-order valence-corrected chi connectivity index (χ0v) is 18.8. The summed E-state index contributed by atoms with van der Waals surface area (Å²) in [4.78, 5) is 26.4. The molecule has 174 valence electrons. The number of carbonyl (C=O) groups is 2. The van der Waals surface area contributed by atoms with Gasteiger partial charge in [-0.25, -0.2) is 4.39 Å². The minimum absolute atomic E-state index is 0.0506. The number of halogens is 1. The van der Waals surface area contributed by atoms with Crippen molar-refractivity contribution < 1.29 is 19.1 Å². The second kappa shape index (κ2) is 7.83. The Hall–Kier alpha value is -3.41. The van der Waals surface area contributed by atoms with Crippen molar-refractivity contribution in [3.05, 3.63) is 83.1 Å². The zero-order valence-electron chi connectivity index (χ0n) is 18.8. The van der Waals surface area contributed by atoms with Crippen molar-refractivity contribution in [2.75, 3.05) is 6.54 Å². The molecule has 1 unspecified atom stereocenters. The maximum atomic E-state index is 14.7. The van der Waals surface area contributed by atoms with E-state index >= 15 is 0 Å². The number of nitrogens with zero attached hydrogens (tertiary/aromatic N) is 1.